The lowest BCUT2D eigenvalue weighted by molar-refractivity contribution is 0.112. The Bertz CT molecular complexity index is 277. The molecular weight excluding hydrogens is 234 g/mol. The molecule has 0 aliphatic rings. The summed E-state index contributed by atoms with van der Waals surface area (Å²) >= 11 is 8.35. The summed E-state index contributed by atoms with van der Waals surface area (Å²) in [4.78, 5) is 10.2. The van der Waals surface area contributed by atoms with Crippen molar-refractivity contribution in [2.24, 2.45) is 0 Å². The summed E-state index contributed by atoms with van der Waals surface area (Å²) in [5.74, 6) is -0.544. The quantitative estimate of drug-likeness (QED) is 0.542. The predicted molar refractivity (Wildman–Crippen MR) is 44.5 cm³/mol. The van der Waals surface area contributed by atoms with Crippen molar-refractivity contribution < 1.29 is 9.18 Å². The van der Waals surface area contributed by atoms with Gasteiger partial charge < -0.3 is 0 Å². The zero-order valence-electron chi connectivity index (χ0n) is 5.27. The van der Waals surface area contributed by atoms with Crippen LogP contribution in [0.1, 0.15) is 10.4 Å². The first-order valence-electron chi connectivity index (χ1n) is 2.75. The van der Waals surface area contributed by atoms with E-state index in [1.807, 2.05) is 0 Å². The van der Waals surface area contributed by atoms with Gasteiger partial charge in [-0.25, -0.2) is 4.39 Å². The molecule has 0 amide bonds. The third-order valence-corrected chi connectivity index (χ3v) is 1.99. The number of aldehydes is 1. The zero-order chi connectivity index (χ0) is 8.43. The van der Waals surface area contributed by atoms with Gasteiger partial charge >= 0.3 is 0 Å². The Hall–Kier alpha value is -0.410. The fraction of sp³-hybridized carbons (Fsp3) is 0. The van der Waals surface area contributed by atoms with E-state index in [1.54, 1.807) is 0 Å². The van der Waals surface area contributed by atoms with E-state index in [4.69, 9.17) is 11.6 Å². The molecule has 0 unspecified atom stereocenters. The van der Waals surface area contributed by atoms with Crippen LogP contribution in [0, 0.1) is 5.82 Å². The first-order chi connectivity index (χ1) is 5.15. The largest absolute Gasteiger partial charge is 0.298 e. The SMILES string of the molecule is O=Cc1cc(Cl)c(F)c(Br)c1. The number of benzene rings is 1. The molecule has 0 saturated heterocycles. The van der Waals surface area contributed by atoms with Crippen molar-refractivity contribution >= 4 is 33.8 Å². The molecule has 0 aliphatic heterocycles. The molecule has 11 heavy (non-hydrogen) atoms. The van der Waals surface area contributed by atoms with Crippen molar-refractivity contribution in [3.05, 3.63) is 33.0 Å². The minimum Gasteiger partial charge on any atom is -0.298 e. The molecule has 0 aliphatic carbocycles. The van der Waals surface area contributed by atoms with E-state index in [2.05, 4.69) is 15.9 Å². The fourth-order valence-electron chi connectivity index (χ4n) is 0.643. The number of hydrogen-bond donors (Lipinski definition) is 0. The van der Waals surface area contributed by atoms with E-state index in [1.165, 1.54) is 12.1 Å². The van der Waals surface area contributed by atoms with Crippen LogP contribution < -0.4 is 0 Å². The van der Waals surface area contributed by atoms with Gasteiger partial charge in [0.1, 0.15) is 6.29 Å². The molecule has 4 heteroatoms. The second kappa shape index (κ2) is 3.32. The van der Waals surface area contributed by atoms with E-state index < -0.39 is 5.82 Å². The highest BCUT2D eigenvalue weighted by Crippen LogP contribution is 2.24. The van der Waals surface area contributed by atoms with E-state index >= 15 is 0 Å². The summed E-state index contributed by atoms with van der Waals surface area (Å²) in [6.07, 6.45) is 0.607. The minimum atomic E-state index is -0.544. The van der Waals surface area contributed by atoms with Crippen LogP contribution in [0.25, 0.3) is 0 Å². The standard InChI is InChI=1S/C7H3BrClFO/c8-5-1-4(3-11)2-6(9)7(5)10/h1-3H. The van der Waals surface area contributed by atoms with Crippen LogP contribution in [-0.4, -0.2) is 6.29 Å². The van der Waals surface area contributed by atoms with Gasteiger partial charge in [0.05, 0.1) is 9.50 Å². The Morgan fingerprint density at radius 1 is 1.55 bits per heavy atom. The smallest absolute Gasteiger partial charge is 0.155 e. The van der Waals surface area contributed by atoms with Crippen LogP contribution >= 0.6 is 27.5 Å². The fourth-order valence-corrected chi connectivity index (χ4v) is 1.46. The zero-order valence-corrected chi connectivity index (χ0v) is 7.62. The molecule has 0 fully saturated rings. The van der Waals surface area contributed by atoms with Crippen molar-refractivity contribution in [2.75, 3.05) is 0 Å². The first-order valence-corrected chi connectivity index (χ1v) is 3.92. The van der Waals surface area contributed by atoms with Crippen LogP contribution in [0.2, 0.25) is 5.02 Å². The van der Waals surface area contributed by atoms with Crippen molar-refractivity contribution in [1.82, 2.24) is 0 Å². The minimum absolute atomic E-state index is 0.0542. The van der Waals surface area contributed by atoms with Crippen LogP contribution in [0.15, 0.2) is 16.6 Å². The van der Waals surface area contributed by atoms with Gasteiger partial charge in [-0.05, 0) is 28.1 Å². The molecule has 58 valence electrons. The van der Waals surface area contributed by atoms with Crippen LogP contribution in [0.3, 0.4) is 0 Å². The summed E-state index contributed by atoms with van der Waals surface area (Å²) in [6, 6.07) is 2.64. The average molecular weight is 237 g/mol. The molecule has 0 N–H and O–H groups in total. The summed E-state index contributed by atoms with van der Waals surface area (Å²) in [6.45, 7) is 0. The Kier molecular flexibility index (Phi) is 2.62. The first kappa shape index (κ1) is 8.68. The number of carbonyl (C=O) groups is 1. The Balaban J connectivity index is 3.31. The van der Waals surface area contributed by atoms with Crippen molar-refractivity contribution in [3.63, 3.8) is 0 Å². The molecule has 0 radical (unpaired) electrons. The molecule has 1 aromatic rings. The Morgan fingerprint density at radius 3 is 2.64 bits per heavy atom. The number of halogens is 3. The maximum Gasteiger partial charge on any atom is 0.155 e. The molecule has 0 atom stereocenters. The lowest BCUT2D eigenvalue weighted by Gasteiger charge is -1.97. The highest BCUT2D eigenvalue weighted by molar-refractivity contribution is 9.10. The van der Waals surface area contributed by atoms with Crippen molar-refractivity contribution in [2.45, 2.75) is 0 Å². The monoisotopic (exact) mass is 236 g/mol. The third-order valence-electron chi connectivity index (χ3n) is 1.14. The van der Waals surface area contributed by atoms with Gasteiger partial charge in [0.2, 0.25) is 0 Å². The topological polar surface area (TPSA) is 17.1 Å². The van der Waals surface area contributed by atoms with Gasteiger partial charge in [-0.2, -0.15) is 0 Å². The number of rotatable bonds is 1. The molecule has 0 saturated carbocycles. The van der Waals surface area contributed by atoms with Gasteiger partial charge in [-0.15, -0.1) is 0 Å². The maximum absolute atomic E-state index is 12.8. The van der Waals surface area contributed by atoms with Gasteiger partial charge in [-0.1, -0.05) is 11.6 Å². The number of hydrogen-bond acceptors (Lipinski definition) is 1. The van der Waals surface area contributed by atoms with Gasteiger partial charge in [0, 0.05) is 5.56 Å². The average Bonchev–Trinajstić information content (AvgIpc) is 1.99. The Morgan fingerprint density at radius 2 is 2.18 bits per heavy atom. The summed E-state index contributed by atoms with van der Waals surface area (Å²) in [5, 5.41) is -0.0542. The van der Waals surface area contributed by atoms with E-state index in [-0.39, 0.29) is 9.50 Å². The van der Waals surface area contributed by atoms with Gasteiger partial charge in [0.15, 0.2) is 5.82 Å². The van der Waals surface area contributed by atoms with E-state index in [9.17, 15) is 9.18 Å². The normalized spacial score (nSPS) is 9.73. The maximum atomic E-state index is 12.8. The molecular formula is C7H3BrClFO. The van der Waals surface area contributed by atoms with Crippen molar-refractivity contribution in [1.29, 1.82) is 0 Å². The number of carbonyl (C=O) groups excluding carboxylic acids is 1. The highest BCUT2D eigenvalue weighted by atomic mass is 79.9. The summed E-state index contributed by atoms with van der Waals surface area (Å²) < 4.78 is 13.0. The van der Waals surface area contributed by atoms with E-state index in [0.29, 0.717) is 11.8 Å². The van der Waals surface area contributed by atoms with E-state index in [0.717, 1.165) is 0 Å². The third kappa shape index (κ3) is 1.79. The second-order valence-corrected chi connectivity index (χ2v) is 3.18. The molecule has 0 aromatic heterocycles. The summed E-state index contributed by atoms with van der Waals surface area (Å²) in [7, 11) is 0. The van der Waals surface area contributed by atoms with Crippen LogP contribution in [-0.2, 0) is 0 Å². The van der Waals surface area contributed by atoms with Gasteiger partial charge in [0.25, 0.3) is 0 Å². The van der Waals surface area contributed by atoms with Crippen LogP contribution in [0.4, 0.5) is 4.39 Å². The predicted octanol–water partition coefficient (Wildman–Crippen LogP) is 3.05. The van der Waals surface area contributed by atoms with Gasteiger partial charge in [-0.3, -0.25) is 4.79 Å². The highest BCUT2D eigenvalue weighted by Gasteiger charge is 2.05. The molecule has 0 spiro atoms. The molecule has 0 bridgehead atoms. The molecule has 1 nitrogen and oxygen atoms in total. The lowest BCUT2D eigenvalue weighted by atomic mass is 10.2. The molecule has 0 heterocycles. The second-order valence-electron chi connectivity index (χ2n) is 1.92. The molecule has 1 aromatic carbocycles. The lowest BCUT2D eigenvalue weighted by Crippen LogP contribution is -1.84. The molecule has 1 rings (SSSR count). The van der Waals surface area contributed by atoms with Crippen molar-refractivity contribution in [3.8, 4) is 0 Å². The summed E-state index contributed by atoms with van der Waals surface area (Å²) in [5.41, 5.74) is 0.350. The Labute approximate surface area is 76.3 Å². The van der Waals surface area contributed by atoms with Crippen LogP contribution in [0.5, 0.6) is 0 Å².